The first-order valence-electron chi connectivity index (χ1n) is 22.5. The molecule has 0 bridgehead atoms. The summed E-state index contributed by atoms with van der Waals surface area (Å²) in [5.41, 5.74) is 0.00840. The standard InChI is InChI=1S/C24H36N2O4.C15H19NO5.C9H19N/c1-17(2)26(19-10-7-6-8-11-19)22(27)18-12-13-21-20(16-18)25(14-9-15-29-5)23(28)24(3,4)30-21;1-15(2)14(19)16(7-4-8-20-3)11-9-10(13(17)18)5-6-12(11)21-15;1-8(2)10-9-6-4-3-5-7-9/h12-13,16-17,19H,6-11,14-15H2,1-5H3;5-6,9H,4,7-8H2,1-3H3,(H,17,18);8-10H,3-7H2,1-2H3. The van der Waals surface area contributed by atoms with Crippen LogP contribution in [0.15, 0.2) is 36.4 Å². The van der Waals surface area contributed by atoms with Gasteiger partial charge in [0.05, 0.1) is 16.9 Å². The lowest BCUT2D eigenvalue weighted by Gasteiger charge is -2.40. The third-order valence-electron chi connectivity index (χ3n) is 11.6. The summed E-state index contributed by atoms with van der Waals surface area (Å²) >= 11 is 0. The number of hydrogen-bond acceptors (Lipinski definition) is 9. The second-order valence-corrected chi connectivity index (χ2v) is 18.3. The van der Waals surface area contributed by atoms with Crippen molar-refractivity contribution in [2.75, 3.05) is 50.3 Å². The van der Waals surface area contributed by atoms with Crippen LogP contribution in [0.5, 0.6) is 11.5 Å². The number of fused-ring (bicyclic) bond motifs is 2. The van der Waals surface area contributed by atoms with Crippen LogP contribution in [0.3, 0.4) is 0 Å². The molecule has 6 rings (SSSR count). The molecule has 4 aliphatic rings. The largest absolute Gasteiger partial charge is 0.478 e. The highest BCUT2D eigenvalue weighted by Gasteiger charge is 2.42. The molecule has 2 N–H and O–H groups in total. The monoisotopic (exact) mass is 851 g/mol. The van der Waals surface area contributed by atoms with Crippen molar-refractivity contribution in [1.82, 2.24) is 10.2 Å². The summed E-state index contributed by atoms with van der Waals surface area (Å²) in [4.78, 5) is 55.5. The molecule has 2 saturated carbocycles. The van der Waals surface area contributed by atoms with Crippen LogP contribution in [0, 0.1) is 0 Å². The number of carboxylic acids is 1. The lowest BCUT2D eigenvalue weighted by atomic mass is 9.92. The van der Waals surface area contributed by atoms with Gasteiger partial charge in [0.2, 0.25) is 0 Å². The van der Waals surface area contributed by atoms with Crippen molar-refractivity contribution in [3.63, 3.8) is 0 Å². The van der Waals surface area contributed by atoms with Gasteiger partial charge in [0, 0.05) is 70.3 Å². The fraction of sp³-hybridized carbons (Fsp3) is 0.667. The molecule has 2 aromatic rings. The third-order valence-corrected chi connectivity index (χ3v) is 11.6. The van der Waals surface area contributed by atoms with Gasteiger partial charge < -0.3 is 44.1 Å². The molecule has 340 valence electrons. The van der Waals surface area contributed by atoms with E-state index in [9.17, 15) is 19.2 Å². The van der Waals surface area contributed by atoms with Gasteiger partial charge in [-0.25, -0.2) is 4.79 Å². The Balaban J connectivity index is 0.000000228. The van der Waals surface area contributed by atoms with Gasteiger partial charge in [0.15, 0.2) is 11.2 Å². The van der Waals surface area contributed by atoms with Crippen LogP contribution in [-0.4, -0.2) is 110 Å². The van der Waals surface area contributed by atoms with E-state index < -0.39 is 17.2 Å². The number of nitrogens with one attached hydrogen (secondary N) is 1. The average Bonchev–Trinajstić information content (AvgIpc) is 3.21. The highest BCUT2D eigenvalue weighted by molar-refractivity contribution is 6.05. The maximum Gasteiger partial charge on any atom is 0.335 e. The fourth-order valence-electron chi connectivity index (χ4n) is 8.65. The van der Waals surface area contributed by atoms with Crippen LogP contribution >= 0.6 is 0 Å². The Bertz CT molecular complexity index is 1760. The molecule has 0 unspecified atom stereocenters. The van der Waals surface area contributed by atoms with E-state index in [-0.39, 0.29) is 35.4 Å². The number of methoxy groups -OCH3 is 2. The summed E-state index contributed by atoms with van der Waals surface area (Å²) in [5, 5.41) is 12.7. The van der Waals surface area contributed by atoms with Crippen molar-refractivity contribution >= 4 is 35.1 Å². The number of carbonyl (C=O) groups excluding carboxylic acids is 3. The van der Waals surface area contributed by atoms with E-state index in [0.29, 0.717) is 67.2 Å². The zero-order chi connectivity index (χ0) is 44.9. The maximum atomic E-state index is 13.5. The van der Waals surface area contributed by atoms with E-state index in [1.807, 2.05) is 23.1 Å². The number of aromatic carboxylic acids is 1. The Morgan fingerprint density at radius 2 is 1.18 bits per heavy atom. The van der Waals surface area contributed by atoms with Gasteiger partial charge >= 0.3 is 5.97 Å². The molecule has 0 radical (unpaired) electrons. The number of anilines is 2. The minimum absolute atomic E-state index is 0.0359. The number of nitrogens with zero attached hydrogens (tertiary/aromatic N) is 3. The topological polar surface area (TPSA) is 147 Å². The Labute approximate surface area is 364 Å². The van der Waals surface area contributed by atoms with E-state index in [1.54, 1.807) is 57.8 Å². The number of amides is 3. The number of carbonyl (C=O) groups is 4. The van der Waals surface area contributed by atoms with Gasteiger partial charge in [-0.2, -0.15) is 0 Å². The van der Waals surface area contributed by atoms with Crippen molar-refractivity contribution in [3.8, 4) is 11.5 Å². The van der Waals surface area contributed by atoms with Crippen molar-refractivity contribution in [1.29, 1.82) is 0 Å². The minimum Gasteiger partial charge on any atom is -0.478 e. The molecule has 2 aliphatic heterocycles. The van der Waals surface area contributed by atoms with Gasteiger partial charge in [-0.1, -0.05) is 52.4 Å². The molecule has 2 aromatic carbocycles. The van der Waals surface area contributed by atoms with E-state index in [0.717, 1.165) is 25.3 Å². The summed E-state index contributed by atoms with van der Waals surface area (Å²) < 4.78 is 21.8. The number of hydrogen-bond donors (Lipinski definition) is 2. The quantitative estimate of drug-likeness (QED) is 0.177. The minimum atomic E-state index is -1.04. The normalized spacial score (nSPS) is 18.5. The molecule has 2 fully saturated rings. The van der Waals surface area contributed by atoms with Crippen LogP contribution in [-0.2, 0) is 19.1 Å². The van der Waals surface area contributed by atoms with E-state index in [4.69, 9.17) is 24.1 Å². The molecular weight excluding hydrogens is 777 g/mol. The van der Waals surface area contributed by atoms with Crippen molar-refractivity contribution in [2.45, 2.75) is 168 Å². The second-order valence-electron chi connectivity index (χ2n) is 18.3. The zero-order valence-corrected chi connectivity index (χ0v) is 38.6. The van der Waals surface area contributed by atoms with Crippen LogP contribution in [0.25, 0.3) is 0 Å². The lowest BCUT2D eigenvalue weighted by Crippen LogP contribution is -2.53. The molecule has 0 aromatic heterocycles. The fourth-order valence-corrected chi connectivity index (χ4v) is 8.65. The lowest BCUT2D eigenvalue weighted by molar-refractivity contribution is -0.133. The van der Waals surface area contributed by atoms with E-state index in [1.165, 1.54) is 63.5 Å². The van der Waals surface area contributed by atoms with Gasteiger partial charge in [0.25, 0.3) is 17.7 Å². The zero-order valence-electron chi connectivity index (χ0n) is 38.6. The molecular formula is C48H74N4O9. The van der Waals surface area contributed by atoms with E-state index in [2.05, 4.69) is 33.0 Å². The molecule has 0 atom stereocenters. The van der Waals surface area contributed by atoms with Crippen LogP contribution in [0.4, 0.5) is 11.4 Å². The summed E-state index contributed by atoms with van der Waals surface area (Å²) in [6, 6.07) is 11.9. The molecule has 0 spiro atoms. The average molecular weight is 851 g/mol. The summed E-state index contributed by atoms with van der Waals surface area (Å²) in [6.07, 6.45) is 14.2. The number of benzene rings is 2. The van der Waals surface area contributed by atoms with Gasteiger partial charge in [-0.15, -0.1) is 0 Å². The predicted molar refractivity (Wildman–Crippen MR) is 240 cm³/mol. The Hall–Kier alpha value is -4.20. The molecule has 61 heavy (non-hydrogen) atoms. The van der Waals surface area contributed by atoms with Crippen molar-refractivity contribution in [3.05, 3.63) is 47.5 Å². The first-order valence-corrected chi connectivity index (χ1v) is 22.5. The Morgan fingerprint density at radius 1 is 0.738 bits per heavy atom. The van der Waals surface area contributed by atoms with Gasteiger partial charge in [0.1, 0.15) is 11.5 Å². The molecule has 2 aliphatic carbocycles. The first-order chi connectivity index (χ1) is 28.9. The smallest absolute Gasteiger partial charge is 0.335 e. The molecule has 3 amide bonds. The van der Waals surface area contributed by atoms with Gasteiger partial charge in [-0.3, -0.25) is 14.4 Å². The molecule has 0 saturated heterocycles. The number of carboxylic acid groups (broad SMARTS) is 1. The Kier molecular flexibility index (Phi) is 18.5. The molecule has 13 nitrogen and oxygen atoms in total. The van der Waals surface area contributed by atoms with Crippen LogP contribution in [0.2, 0.25) is 0 Å². The predicted octanol–water partition coefficient (Wildman–Crippen LogP) is 8.65. The summed E-state index contributed by atoms with van der Waals surface area (Å²) in [7, 11) is 3.25. The summed E-state index contributed by atoms with van der Waals surface area (Å²) in [6.45, 7) is 17.7. The molecule has 13 heteroatoms. The van der Waals surface area contributed by atoms with Crippen LogP contribution in [0.1, 0.15) is 153 Å². The first kappa shape index (κ1) is 49.5. The Morgan fingerprint density at radius 3 is 1.61 bits per heavy atom. The van der Waals surface area contributed by atoms with Gasteiger partial charge in [-0.05, 0) is 116 Å². The van der Waals surface area contributed by atoms with E-state index >= 15 is 0 Å². The van der Waals surface area contributed by atoms with Crippen LogP contribution < -0.4 is 24.6 Å². The number of ether oxygens (including phenoxy) is 4. The number of rotatable bonds is 14. The second kappa shape index (κ2) is 22.8. The molecule has 2 heterocycles. The highest BCUT2D eigenvalue weighted by Crippen LogP contribution is 2.40. The van der Waals surface area contributed by atoms with Crippen molar-refractivity contribution < 1.29 is 43.2 Å². The SMILES string of the molecule is CC(C)NC1CCCCC1.COCCCN1C(=O)C(C)(C)Oc2ccc(C(=O)N(C(C)C)C3CCCCC3)cc21.COCCCN1C(=O)C(C)(C)Oc2ccc(C(=O)O)cc21. The third kappa shape index (κ3) is 13.4. The summed E-state index contributed by atoms with van der Waals surface area (Å²) in [5.74, 6) is -0.123. The maximum absolute atomic E-state index is 13.5. The van der Waals surface area contributed by atoms with Crippen molar-refractivity contribution in [2.24, 2.45) is 0 Å². The highest BCUT2D eigenvalue weighted by atomic mass is 16.5.